The molecule has 1 fully saturated rings. The second kappa shape index (κ2) is 7.56. The normalized spacial score (nSPS) is 25.8. The van der Waals surface area contributed by atoms with Crippen LogP contribution in [0.1, 0.15) is 60.8 Å². The third kappa shape index (κ3) is 3.37. The van der Waals surface area contributed by atoms with Gasteiger partial charge in [0.15, 0.2) is 0 Å². The smallest absolute Gasteiger partial charge is 0.261 e. The van der Waals surface area contributed by atoms with E-state index in [-0.39, 0.29) is 16.6 Å². The van der Waals surface area contributed by atoms with Gasteiger partial charge in [0.25, 0.3) is 8.32 Å². The molecule has 2 aliphatic carbocycles. The highest BCUT2D eigenvalue weighted by Gasteiger charge is 2.58. The lowest BCUT2D eigenvalue weighted by Gasteiger charge is -2.50. The van der Waals surface area contributed by atoms with Gasteiger partial charge < -0.3 is 4.43 Å². The summed E-state index contributed by atoms with van der Waals surface area (Å²) in [7, 11) is -2.62. The highest BCUT2D eigenvalue weighted by Crippen LogP contribution is 2.57. The van der Waals surface area contributed by atoms with Gasteiger partial charge in [-0.1, -0.05) is 100 Å². The molecule has 0 aliphatic heterocycles. The maximum atomic E-state index is 12.7. The number of carbonyl (C=O) groups is 1. The van der Waals surface area contributed by atoms with Crippen molar-refractivity contribution >= 4 is 24.5 Å². The van der Waals surface area contributed by atoms with E-state index in [0.717, 1.165) is 12.8 Å². The van der Waals surface area contributed by atoms with Crippen LogP contribution in [0.4, 0.5) is 0 Å². The van der Waals surface area contributed by atoms with E-state index in [0.29, 0.717) is 12.2 Å². The number of hydrogen-bond acceptors (Lipinski definition) is 2. The first kappa shape index (κ1) is 22.2. The van der Waals surface area contributed by atoms with Crippen LogP contribution in [0.15, 0.2) is 72.3 Å². The SMILES string of the molecule is CC1(C)C(=O)CC[C@@]2(C)C1=CC[C@@H]2O[Si](c1ccccc1)(c1ccccc1)C(C)(C)C. The van der Waals surface area contributed by atoms with Crippen LogP contribution in [0.3, 0.4) is 0 Å². The zero-order chi connectivity index (χ0) is 22.5. The van der Waals surface area contributed by atoms with Crippen LogP contribution in [-0.2, 0) is 9.22 Å². The zero-order valence-corrected chi connectivity index (χ0v) is 20.9. The van der Waals surface area contributed by atoms with Crippen LogP contribution < -0.4 is 10.4 Å². The Kier molecular flexibility index (Phi) is 5.42. The maximum Gasteiger partial charge on any atom is 0.261 e. The Hall–Kier alpha value is -1.97. The average Bonchev–Trinajstić information content (AvgIpc) is 3.07. The minimum atomic E-state index is -2.62. The minimum Gasteiger partial charge on any atom is -0.403 e. The molecule has 1 saturated carbocycles. The topological polar surface area (TPSA) is 26.3 Å². The van der Waals surface area contributed by atoms with Crippen LogP contribution in [0.25, 0.3) is 0 Å². The quantitative estimate of drug-likeness (QED) is 0.460. The van der Waals surface area contributed by atoms with Crippen molar-refractivity contribution in [1.82, 2.24) is 0 Å². The molecule has 0 heterocycles. The summed E-state index contributed by atoms with van der Waals surface area (Å²) in [5, 5.41) is 2.59. The van der Waals surface area contributed by atoms with Crippen molar-refractivity contribution in [2.24, 2.45) is 10.8 Å². The number of Topliss-reactive ketones (excluding diaryl/α,β-unsaturated/α-hetero) is 1. The van der Waals surface area contributed by atoms with Gasteiger partial charge in [-0.25, -0.2) is 0 Å². The van der Waals surface area contributed by atoms with Gasteiger partial charge in [0, 0.05) is 17.3 Å². The fourth-order valence-electron chi connectivity index (χ4n) is 6.08. The second-order valence-corrected chi connectivity index (χ2v) is 15.3. The molecule has 3 heteroatoms. The lowest BCUT2D eigenvalue weighted by atomic mass is 9.60. The second-order valence-electron chi connectivity index (χ2n) is 11.1. The van der Waals surface area contributed by atoms with E-state index in [4.69, 9.17) is 4.43 Å². The molecule has 0 unspecified atom stereocenters. The molecule has 0 spiro atoms. The van der Waals surface area contributed by atoms with Crippen LogP contribution in [-0.4, -0.2) is 20.2 Å². The fourth-order valence-corrected chi connectivity index (χ4v) is 10.9. The first-order valence-corrected chi connectivity index (χ1v) is 13.5. The monoisotopic (exact) mass is 432 g/mol. The van der Waals surface area contributed by atoms with Crippen molar-refractivity contribution in [3.8, 4) is 0 Å². The molecular weight excluding hydrogens is 396 g/mol. The average molecular weight is 433 g/mol. The van der Waals surface area contributed by atoms with E-state index in [1.807, 2.05) is 0 Å². The van der Waals surface area contributed by atoms with Crippen molar-refractivity contribution in [2.45, 2.75) is 71.9 Å². The predicted octanol–water partition coefficient (Wildman–Crippen LogP) is 5.66. The fraction of sp³-hybridized carbons (Fsp3) is 0.464. The molecule has 164 valence electrons. The number of fused-ring (bicyclic) bond motifs is 1. The van der Waals surface area contributed by atoms with E-state index in [9.17, 15) is 4.79 Å². The van der Waals surface area contributed by atoms with E-state index in [2.05, 4.69) is 108 Å². The van der Waals surface area contributed by atoms with E-state index in [1.165, 1.54) is 15.9 Å². The molecule has 4 rings (SSSR count). The molecule has 0 bridgehead atoms. The minimum absolute atomic E-state index is 0.0468. The van der Waals surface area contributed by atoms with Crippen molar-refractivity contribution in [3.63, 3.8) is 0 Å². The Morgan fingerprint density at radius 1 is 0.903 bits per heavy atom. The molecule has 2 atom stereocenters. The molecule has 0 saturated heterocycles. The summed E-state index contributed by atoms with van der Waals surface area (Å²) in [5.74, 6) is 0.363. The van der Waals surface area contributed by atoms with Crippen molar-refractivity contribution in [2.75, 3.05) is 0 Å². The summed E-state index contributed by atoms with van der Waals surface area (Å²) in [6.45, 7) is 13.5. The van der Waals surface area contributed by atoms with Crippen LogP contribution in [0, 0.1) is 10.8 Å². The molecule has 0 radical (unpaired) electrons. The zero-order valence-electron chi connectivity index (χ0n) is 19.9. The molecule has 2 aromatic carbocycles. The van der Waals surface area contributed by atoms with Crippen LogP contribution in [0.5, 0.6) is 0 Å². The van der Waals surface area contributed by atoms with Gasteiger partial charge in [-0.15, -0.1) is 0 Å². The molecule has 0 amide bonds. The largest absolute Gasteiger partial charge is 0.403 e. The molecule has 0 N–H and O–H groups in total. The first-order chi connectivity index (χ1) is 14.5. The Morgan fingerprint density at radius 2 is 1.42 bits per heavy atom. The first-order valence-electron chi connectivity index (χ1n) is 11.6. The summed E-state index contributed by atoms with van der Waals surface area (Å²) in [5.41, 5.74) is 0.806. The third-order valence-corrected chi connectivity index (χ3v) is 12.9. The Bertz CT molecular complexity index is 945. The molecule has 31 heavy (non-hydrogen) atoms. The molecule has 2 aromatic rings. The highest BCUT2D eigenvalue weighted by atomic mass is 28.4. The van der Waals surface area contributed by atoms with Crippen LogP contribution >= 0.6 is 0 Å². The molecular formula is C28H36O2Si. The van der Waals surface area contributed by atoms with Gasteiger partial charge in [-0.05, 0) is 42.1 Å². The summed E-state index contributed by atoms with van der Waals surface area (Å²) < 4.78 is 7.51. The van der Waals surface area contributed by atoms with E-state index >= 15 is 0 Å². The van der Waals surface area contributed by atoms with Gasteiger partial charge in [-0.3, -0.25) is 4.79 Å². The molecule has 2 nitrogen and oxygen atoms in total. The third-order valence-electron chi connectivity index (χ3n) is 7.84. The number of rotatable bonds is 4. The van der Waals surface area contributed by atoms with Crippen molar-refractivity contribution in [1.29, 1.82) is 0 Å². The van der Waals surface area contributed by atoms with Crippen molar-refractivity contribution in [3.05, 3.63) is 72.3 Å². The van der Waals surface area contributed by atoms with Gasteiger partial charge in [0.1, 0.15) is 5.78 Å². The summed E-state index contributed by atoms with van der Waals surface area (Å²) in [6.07, 6.45) is 4.80. The maximum absolute atomic E-state index is 12.7. The number of carbonyl (C=O) groups excluding carboxylic acids is 1. The van der Waals surface area contributed by atoms with Crippen LogP contribution in [0.2, 0.25) is 5.04 Å². The van der Waals surface area contributed by atoms with Gasteiger partial charge in [0.05, 0.1) is 6.10 Å². The summed E-state index contributed by atoms with van der Waals surface area (Å²) in [4.78, 5) is 12.7. The van der Waals surface area contributed by atoms with Gasteiger partial charge in [-0.2, -0.15) is 0 Å². The highest BCUT2D eigenvalue weighted by molar-refractivity contribution is 6.99. The van der Waals surface area contributed by atoms with E-state index < -0.39 is 13.7 Å². The van der Waals surface area contributed by atoms with Gasteiger partial charge in [0.2, 0.25) is 0 Å². The molecule has 0 aromatic heterocycles. The molecule has 2 aliphatic rings. The number of ketones is 1. The summed E-state index contributed by atoms with van der Waals surface area (Å²) in [6, 6.07) is 21.7. The van der Waals surface area contributed by atoms with Gasteiger partial charge >= 0.3 is 0 Å². The Labute approximate surface area is 188 Å². The number of benzene rings is 2. The lowest BCUT2D eigenvalue weighted by molar-refractivity contribution is -0.129. The Balaban J connectivity index is 1.85. The number of hydrogen-bond donors (Lipinski definition) is 0. The lowest BCUT2D eigenvalue weighted by Crippen LogP contribution is -2.68. The Morgan fingerprint density at radius 3 is 1.90 bits per heavy atom. The summed E-state index contributed by atoms with van der Waals surface area (Å²) >= 11 is 0. The van der Waals surface area contributed by atoms with E-state index in [1.54, 1.807) is 0 Å². The predicted molar refractivity (Wildman–Crippen MR) is 131 cm³/mol. The standard InChI is InChI=1S/C28H36O2Si/c1-26(2,3)31(21-13-9-7-10-14-21,22-15-11-8-12-16-22)30-25-18-17-23-27(4,5)24(29)19-20-28(23,25)6/h7-17,25H,18-20H2,1-6H3/t25-,28-/m0/s1. The van der Waals surface area contributed by atoms with Crippen molar-refractivity contribution < 1.29 is 9.22 Å².